The van der Waals surface area contributed by atoms with Crippen molar-refractivity contribution in [1.82, 2.24) is 15.0 Å². The van der Waals surface area contributed by atoms with Crippen molar-refractivity contribution in [2.24, 2.45) is 0 Å². The van der Waals surface area contributed by atoms with E-state index in [1.807, 2.05) is 0 Å². The van der Waals surface area contributed by atoms with Gasteiger partial charge in [-0.15, -0.1) is 0 Å². The Morgan fingerprint density at radius 2 is 1.96 bits per heavy atom. The zero-order valence-electron chi connectivity index (χ0n) is 13.4. The first-order valence-electron chi connectivity index (χ1n) is 7.49. The smallest absolute Gasteiger partial charge is 0.233 e. The topological polar surface area (TPSA) is 101 Å². The highest BCUT2D eigenvalue weighted by Crippen LogP contribution is 2.29. The minimum absolute atomic E-state index is 0.226. The van der Waals surface area contributed by atoms with Crippen molar-refractivity contribution < 1.29 is 9.53 Å². The molecule has 0 radical (unpaired) electrons. The number of aldehydes is 1. The van der Waals surface area contributed by atoms with Crippen molar-refractivity contribution in [3.63, 3.8) is 0 Å². The molecule has 0 unspecified atom stereocenters. The SMILES string of the molecule is CNc1nc(-c2ccncc2)nc(Oc2cccc(C=O)c2)c1C=N. The number of hydrogen-bond acceptors (Lipinski definition) is 7. The number of nitrogens with zero attached hydrogens (tertiary/aromatic N) is 3. The molecule has 0 amide bonds. The third-order valence-electron chi connectivity index (χ3n) is 3.44. The van der Waals surface area contributed by atoms with Gasteiger partial charge in [0, 0.05) is 36.8 Å². The maximum Gasteiger partial charge on any atom is 0.233 e. The van der Waals surface area contributed by atoms with Crippen molar-refractivity contribution in [1.29, 1.82) is 5.41 Å². The van der Waals surface area contributed by atoms with E-state index in [1.54, 1.807) is 55.8 Å². The van der Waals surface area contributed by atoms with Gasteiger partial charge in [0.25, 0.3) is 0 Å². The fourth-order valence-electron chi connectivity index (χ4n) is 2.24. The second-order valence-electron chi connectivity index (χ2n) is 5.04. The van der Waals surface area contributed by atoms with Crippen molar-refractivity contribution in [3.8, 4) is 23.0 Å². The second-order valence-corrected chi connectivity index (χ2v) is 5.04. The fraction of sp³-hybridized carbons (Fsp3) is 0.0556. The quantitative estimate of drug-likeness (QED) is 0.531. The van der Waals surface area contributed by atoms with Gasteiger partial charge in [-0.05, 0) is 24.3 Å². The van der Waals surface area contributed by atoms with Crippen LogP contribution in [0.3, 0.4) is 0 Å². The Morgan fingerprint density at radius 1 is 1.16 bits per heavy atom. The molecule has 25 heavy (non-hydrogen) atoms. The molecule has 3 aromatic rings. The largest absolute Gasteiger partial charge is 0.438 e. The first-order chi connectivity index (χ1) is 12.2. The molecule has 124 valence electrons. The van der Waals surface area contributed by atoms with Gasteiger partial charge in [-0.25, -0.2) is 4.98 Å². The summed E-state index contributed by atoms with van der Waals surface area (Å²) in [5.74, 6) is 1.59. The number of rotatable bonds is 6. The summed E-state index contributed by atoms with van der Waals surface area (Å²) in [4.78, 5) is 23.8. The lowest BCUT2D eigenvalue weighted by molar-refractivity contribution is 0.112. The Labute approximate surface area is 144 Å². The maximum atomic E-state index is 10.9. The van der Waals surface area contributed by atoms with Crippen LogP contribution in [-0.2, 0) is 0 Å². The Morgan fingerprint density at radius 3 is 2.64 bits per heavy atom. The molecule has 0 aliphatic heterocycles. The number of pyridine rings is 1. The zero-order chi connectivity index (χ0) is 17.6. The molecule has 0 bridgehead atoms. The number of benzene rings is 1. The van der Waals surface area contributed by atoms with Crippen molar-refractivity contribution in [3.05, 3.63) is 59.9 Å². The highest BCUT2D eigenvalue weighted by Gasteiger charge is 2.15. The van der Waals surface area contributed by atoms with E-state index in [2.05, 4.69) is 20.3 Å². The van der Waals surface area contributed by atoms with Gasteiger partial charge >= 0.3 is 0 Å². The summed E-state index contributed by atoms with van der Waals surface area (Å²) < 4.78 is 5.83. The lowest BCUT2D eigenvalue weighted by Gasteiger charge is -2.13. The molecular weight excluding hydrogens is 318 g/mol. The molecule has 7 heteroatoms. The normalized spacial score (nSPS) is 10.1. The molecule has 2 aromatic heterocycles. The van der Waals surface area contributed by atoms with Crippen LogP contribution in [0.25, 0.3) is 11.4 Å². The van der Waals surface area contributed by atoms with E-state index < -0.39 is 0 Å². The van der Waals surface area contributed by atoms with Gasteiger partial charge in [0.1, 0.15) is 17.9 Å². The van der Waals surface area contributed by atoms with Crippen molar-refractivity contribution >= 4 is 18.3 Å². The Kier molecular flexibility index (Phi) is 4.75. The Balaban J connectivity index is 2.09. The first-order valence-corrected chi connectivity index (χ1v) is 7.49. The Hall–Kier alpha value is -3.61. The molecule has 0 atom stereocenters. The van der Waals surface area contributed by atoms with Crippen LogP contribution < -0.4 is 10.1 Å². The van der Waals surface area contributed by atoms with Gasteiger partial charge in [-0.1, -0.05) is 12.1 Å². The van der Waals surface area contributed by atoms with E-state index in [-0.39, 0.29) is 5.88 Å². The summed E-state index contributed by atoms with van der Waals surface area (Å²) in [5.41, 5.74) is 1.68. The number of aromatic nitrogens is 3. The molecule has 1 aromatic carbocycles. The monoisotopic (exact) mass is 333 g/mol. The molecule has 0 aliphatic carbocycles. The summed E-state index contributed by atoms with van der Waals surface area (Å²) >= 11 is 0. The summed E-state index contributed by atoms with van der Waals surface area (Å²) in [6.07, 6.45) is 5.17. The van der Waals surface area contributed by atoms with E-state index in [9.17, 15) is 4.79 Å². The molecular formula is C18H15N5O2. The van der Waals surface area contributed by atoms with E-state index >= 15 is 0 Å². The molecule has 0 fully saturated rings. The van der Waals surface area contributed by atoms with Gasteiger partial charge < -0.3 is 15.5 Å². The van der Waals surface area contributed by atoms with E-state index in [4.69, 9.17) is 10.1 Å². The van der Waals surface area contributed by atoms with Crippen LogP contribution in [0.2, 0.25) is 0 Å². The molecule has 0 saturated heterocycles. The first kappa shape index (κ1) is 16.3. The van der Waals surface area contributed by atoms with Gasteiger partial charge in [0.15, 0.2) is 5.82 Å². The predicted octanol–water partition coefficient (Wildman–Crippen LogP) is 3.18. The molecule has 2 heterocycles. The molecule has 2 N–H and O–H groups in total. The van der Waals surface area contributed by atoms with Gasteiger partial charge in [-0.2, -0.15) is 4.98 Å². The van der Waals surface area contributed by atoms with Crippen molar-refractivity contribution in [2.45, 2.75) is 0 Å². The van der Waals surface area contributed by atoms with Crippen LogP contribution in [0, 0.1) is 5.41 Å². The highest BCUT2D eigenvalue weighted by molar-refractivity contribution is 5.88. The van der Waals surface area contributed by atoms with Crippen LogP contribution in [0.15, 0.2) is 48.8 Å². The summed E-state index contributed by atoms with van der Waals surface area (Å²) in [6, 6.07) is 10.3. The average molecular weight is 333 g/mol. The third-order valence-corrected chi connectivity index (χ3v) is 3.44. The number of anilines is 1. The highest BCUT2D eigenvalue weighted by atomic mass is 16.5. The zero-order valence-corrected chi connectivity index (χ0v) is 13.4. The average Bonchev–Trinajstić information content (AvgIpc) is 2.68. The fourth-order valence-corrected chi connectivity index (χ4v) is 2.24. The minimum Gasteiger partial charge on any atom is -0.438 e. The molecule has 3 rings (SSSR count). The van der Waals surface area contributed by atoms with Gasteiger partial charge in [0.2, 0.25) is 5.88 Å². The van der Waals surface area contributed by atoms with E-state index in [0.29, 0.717) is 28.5 Å². The van der Waals surface area contributed by atoms with Gasteiger partial charge in [0.05, 0.1) is 5.56 Å². The molecule has 7 nitrogen and oxygen atoms in total. The van der Waals surface area contributed by atoms with E-state index in [0.717, 1.165) is 18.1 Å². The number of carbonyl (C=O) groups excluding carboxylic acids is 1. The minimum atomic E-state index is 0.226. The van der Waals surface area contributed by atoms with Crippen LogP contribution in [0.5, 0.6) is 11.6 Å². The predicted molar refractivity (Wildman–Crippen MR) is 94.6 cm³/mol. The van der Waals surface area contributed by atoms with Crippen molar-refractivity contribution in [2.75, 3.05) is 12.4 Å². The number of hydrogen-bond donors (Lipinski definition) is 2. The molecule has 0 saturated carbocycles. The van der Waals surface area contributed by atoms with Crippen LogP contribution in [0.1, 0.15) is 15.9 Å². The number of nitrogens with one attached hydrogen (secondary N) is 2. The lowest BCUT2D eigenvalue weighted by atomic mass is 10.2. The summed E-state index contributed by atoms with van der Waals surface area (Å²) in [7, 11) is 1.71. The molecule has 0 aliphatic rings. The maximum absolute atomic E-state index is 10.9. The number of carbonyl (C=O) groups is 1. The summed E-state index contributed by atoms with van der Waals surface area (Å²) in [6.45, 7) is 0. The molecule has 0 spiro atoms. The van der Waals surface area contributed by atoms with Crippen LogP contribution in [-0.4, -0.2) is 34.5 Å². The standard InChI is InChI=1S/C18H15N5O2/c1-20-17-15(10-19)18(25-14-4-2-3-12(9-14)11-24)23-16(22-17)13-5-7-21-8-6-13/h2-11,19H,1H3,(H,20,22,23). The Bertz CT molecular complexity index is 913. The van der Waals surface area contributed by atoms with Crippen LogP contribution >= 0.6 is 0 Å². The lowest BCUT2D eigenvalue weighted by Crippen LogP contribution is -2.05. The van der Waals surface area contributed by atoms with E-state index in [1.165, 1.54) is 0 Å². The summed E-state index contributed by atoms with van der Waals surface area (Å²) in [5, 5.41) is 10.6. The second kappa shape index (κ2) is 7.31. The number of ether oxygens (including phenoxy) is 1. The van der Waals surface area contributed by atoms with Gasteiger partial charge in [-0.3, -0.25) is 9.78 Å². The third kappa shape index (κ3) is 3.50. The van der Waals surface area contributed by atoms with Crippen LogP contribution in [0.4, 0.5) is 5.82 Å².